The van der Waals surface area contributed by atoms with Crippen molar-refractivity contribution in [2.75, 3.05) is 5.32 Å². The molecule has 0 unspecified atom stereocenters. The normalized spacial score (nSPS) is 24.3. The number of carbonyl (C=O) groups is 1. The number of ketones is 1. The molecule has 1 aliphatic carbocycles. The minimum absolute atomic E-state index is 0.186. The van der Waals surface area contributed by atoms with Gasteiger partial charge in [0.05, 0.1) is 0 Å². The van der Waals surface area contributed by atoms with Crippen LogP contribution in [0.3, 0.4) is 0 Å². The van der Waals surface area contributed by atoms with Crippen molar-refractivity contribution in [3.8, 4) is 0 Å². The maximum Gasteiger partial charge on any atom is 0.226 e. The van der Waals surface area contributed by atoms with Crippen LogP contribution in [0.5, 0.6) is 0 Å². The van der Waals surface area contributed by atoms with Gasteiger partial charge in [-0.3, -0.25) is 9.78 Å². The molecule has 21 heavy (non-hydrogen) atoms. The lowest BCUT2D eigenvalue weighted by atomic mass is 9.81. The predicted molar refractivity (Wildman–Crippen MR) is 76.5 cm³/mol. The van der Waals surface area contributed by atoms with Gasteiger partial charge in [-0.2, -0.15) is 10.1 Å². The van der Waals surface area contributed by atoms with Gasteiger partial charge in [-0.15, -0.1) is 0 Å². The number of Topliss-reactive ketones (excluding diaryl/α,β-unsaturated/α-hetero) is 1. The van der Waals surface area contributed by atoms with E-state index in [-0.39, 0.29) is 11.8 Å². The number of nitrogens with zero attached hydrogens (tertiary/aromatic N) is 4. The molecule has 3 heterocycles. The van der Waals surface area contributed by atoms with Crippen LogP contribution in [0.1, 0.15) is 31.4 Å². The van der Waals surface area contributed by atoms with Gasteiger partial charge >= 0.3 is 0 Å². The predicted octanol–water partition coefficient (Wildman–Crippen LogP) is 1.94. The second-order valence-electron chi connectivity index (χ2n) is 5.67. The second kappa shape index (κ2) is 4.51. The van der Waals surface area contributed by atoms with Crippen LogP contribution < -0.4 is 5.32 Å². The van der Waals surface area contributed by atoms with Gasteiger partial charge in [0.25, 0.3) is 0 Å². The first-order valence-corrected chi connectivity index (χ1v) is 7.06. The number of aromatic nitrogens is 4. The summed E-state index contributed by atoms with van der Waals surface area (Å²) in [7, 11) is 0. The van der Waals surface area contributed by atoms with Crippen LogP contribution in [0.4, 0.5) is 5.95 Å². The quantitative estimate of drug-likeness (QED) is 0.864. The fraction of sp³-hybridized carbons (Fsp3) is 0.333. The molecule has 0 bridgehead atoms. The average molecular weight is 281 g/mol. The zero-order chi connectivity index (χ0) is 14.4. The van der Waals surface area contributed by atoms with Crippen molar-refractivity contribution < 1.29 is 4.79 Å². The lowest BCUT2D eigenvalue weighted by Gasteiger charge is -2.33. The van der Waals surface area contributed by atoms with Gasteiger partial charge in [0.15, 0.2) is 5.78 Å². The minimum atomic E-state index is -0.229. The van der Waals surface area contributed by atoms with Crippen LogP contribution in [0.25, 0.3) is 0 Å². The van der Waals surface area contributed by atoms with Crippen LogP contribution in [-0.2, 0) is 4.79 Å². The third-order valence-corrected chi connectivity index (χ3v) is 4.07. The molecule has 1 aliphatic heterocycles. The highest BCUT2D eigenvalue weighted by atomic mass is 16.1. The number of hydrogen-bond donors (Lipinski definition) is 1. The Morgan fingerprint density at radius 1 is 1.38 bits per heavy atom. The number of carbonyl (C=O) groups excluding carboxylic acids is 1. The summed E-state index contributed by atoms with van der Waals surface area (Å²) < 4.78 is 1.77. The lowest BCUT2D eigenvalue weighted by molar-refractivity contribution is -0.117. The number of rotatable bonds is 1. The Balaban J connectivity index is 1.91. The van der Waals surface area contributed by atoms with E-state index < -0.39 is 0 Å². The first-order chi connectivity index (χ1) is 10.2. The van der Waals surface area contributed by atoms with Crippen LogP contribution >= 0.6 is 0 Å². The van der Waals surface area contributed by atoms with Crippen molar-refractivity contribution in [1.29, 1.82) is 0 Å². The molecule has 0 fully saturated rings. The zero-order valence-corrected chi connectivity index (χ0v) is 11.7. The summed E-state index contributed by atoms with van der Waals surface area (Å²) in [4.78, 5) is 21.0. The Labute approximate surface area is 121 Å². The molecule has 2 atom stereocenters. The molecule has 0 spiro atoms. The summed E-state index contributed by atoms with van der Waals surface area (Å²) in [5.74, 6) is 1.23. The van der Waals surface area contributed by atoms with Gasteiger partial charge in [-0.25, -0.2) is 4.68 Å². The Bertz CT molecular complexity index is 734. The van der Waals surface area contributed by atoms with Crippen molar-refractivity contribution >= 4 is 11.7 Å². The molecule has 6 heteroatoms. The zero-order valence-electron chi connectivity index (χ0n) is 11.7. The molecule has 2 aromatic rings. The SMILES string of the molecule is C[C@@H]1CC(=O)C2=C(C1)Nc1ncnn1[C@@H]2c1cccnc1. The third-order valence-electron chi connectivity index (χ3n) is 4.07. The highest BCUT2D eigenvalue weighted by Gasteiger charge is 2.37. The Hall–Kier alpha value is -2.50. The maximum atomic E-state index is 12.6. The largest absolute Gasteiger partial charge is 0.328 e. The number of anilines is 1. The molecule has 4 rings (SSSR count). The summed E-state index contributed by atoms with van der Waals surface area (Å²) in [5.41, 5.74) is 2.74. The molecule has 0 amide bonds. The topological polar surface area (TPSA) is 72.7 Å². The molecule has 106 valence electrons. The minimum Gasteiger partial charge on any atom is -0.328 e. The van der Waals surface area contributed by atoms with E-state index in [2.05, 4.69) is 27.3 Å². The van der Waals surface area contributed by atoms with E-state index >= 15 is 0 Å². The van der Waals surface area contributed by atoms with Crippen LogP contribution in [0.15, 0.2) is 42.1 Å². The van der Waals surface area contributed by atoms with E-state index in [0.717, 1.165) is 23.3 Å². The average Bonchev–Trinajstić information content (AvgIpc) is 2.93. The molecule has 6 nitrogen and oxygen atoms in total. The van der Waals surface area contributed by atoms with Gasteiger partial charge < -0.3 is 5.32 Å². The monoisotopic (exact) mass is 281 g/mol. The van der Waals surface area contributed by atoms with Gasteiger partial charge in [0.1, 0.15) is 12.4 Å². The van der Waals surface area contributed by atoms with Gasteiger partial charge in [-0.1, -0.05) is 13.0 Å². The van der Waals surface area contributed by atoms with Crippen LogP contribution in [0, 0.1) is 5.92 Å². The summed E-state index contributed by atoms with van der Waals surface area (Å²) in [6.07, 6.45) is 6.48. The van der Waals surface area contributed by atoms with E-state index in [1.807, 2.05) is 12.1 Å². The third kappa shape index (κ3) is 1.86. The molecule has 2 aliphatic rings. The molecule has 0 aromatic carbocycles. The number of fused-ring (bicyclic) bond motifs is 1. The summed E-state index contributed by atoms with van der Waals surface area (Å²) in [6.45, 7) is 2.10. The van der Waals surface area contributed by atoms with Crippen molar-refractivity contribution in [3.05, 3.63) is 47.7 Å². The van der Waals surface area contributed by atoms with Crippen molar-refractivity contribution in [2.45, 2.75) is 25.8 Å². The van der Waals surface area contributed by atoms with E-state index in [4.69, 9.17) is 0 Å². The Morgan fingerprint density at radius 2 is 2.29 bits per heavy atom. The number of nitrogens with one attached hydrogen (secondary N) is 1. The van der Waals surface area contributed by atoms with E-state index in [1.54, 1.807) is 17.1 Å². The lowest BCUT2D eigenvalue weighted by Crippen LogP contribution is -2.33. The van der Waals surface area contributed by atoms with E-state index in [9.17, 15) is 4.79 Å². The first kappa shape index (κ1) is 12.3. The molecule has 0 saturated heterocycles. The van der Waals surface area contributed by atoms with Gasteiger partial charge in [0, 0.05) is 30.1 Å². The summed E-state index contributed by atoms with van der Waals surface area (Å²) in [5, 5.41) is 7.56. The highest BCUT2D eigenvalue weighted by Crippen LogP contribution is 2.40. The van der Waals surface area contributed by atoms with Gasteiger partial charge in [-0.05, 0) is 24.0 Å². The fourth-order valence-electron chi connectivity index (χ4n) is 3.19. The van der Waals surface area contributed by atoms with E-state index in [1.165, 1.54) is 6.33 Å². The summed E-state index contributed by atoms with van der Waals surface area (Å²) in [6, 6.07) is 3.63. The Kier molecular flexibility index (Phi) is 2.63. The first-order valence-electron chi connectivity index (χ1n) is 7.06. The number of allylic oxidation sites excluding steroid dienone is 2. The second-order valence-corrected chi connectivity index (χ2v) is 5.67. The standard InChI is InChI=1S/C15H15N5O/c1-9-5-11-13(12(21)6-9)14(10-3-2-4-16-7-10)20-15(19-11)17-8-18-20/h2-4,7-9,14H,5-6H2,1H3,(H,17,18,19)/t9-,14+/m0/s1. The number of hydrogen-bond acceptors (Lipinski definition) is 5. The van der Waals surface area contributed by atoms with Crippen LogP contribution in [0.2, 0.25) is 0 Å². The van der Waals surface area contributed by atoms with Crippen LogP contribution in [-0.4, -0.2) is 25.5 Å². The molecule has 1 N–H and O–H groups in total. The van der Waals surface area contributed by atoms with Gasteiger partial charge in [0.2, 0.25) is 5.95 Å². The summed E-state index contributed by atoms with van der Waals surface area (Å²) >= 11 is 0. The Morgan fingerprint density at radius 3 is 3.10 bits per heavy atom. The molecule has 2 aromatic heterocycles. The molecular weight excluding hydrogens is 266 g/mol. The fourth-order valence-corrected chi connectivity index (χ4v) is 3.19. The van der Waals surface area contributed by atoms with Crippen molar-refractivity contribution in [1.82, 2.24) is 19.7 Å². The van der Waals surface area contributed by atoms with Crippen molar-refractivity contribution in [2.24, 2.45) is 5.92 Å². The van der Waals surface area contributed by atoms with Crippen molar-refractivity contribution in [3.63, 3.8) is 0 Å². The number of pyridine rings is 1. The molecular formula is C15H15N5O. The highest BCUT2D eigenvalue weighted by molar-refractivity contribution is 5.99. The molecule has 0 saturated carbocycles. The smallest absolute Gasteiger partial charge is 0.226 e. The molecule has 0 radical (unpaired) electrons. The maximum absolute atomic E-state index is 12.6. The van der Waals surface area contributed by atoms with E-state index in [0.29, 0.717) is 18.3 Å².